The summed E-state index contributed by atoms with van der Waals surface area (Å²) in [6.07, 6.45) is -4.14. The molecular weight excluding hydrogens is 325 g/mol. The van der Waals surface area contributed by atoms with E-state index in [1.807, 2.05) is 14.1 Å². The van der Waals surface area contributed by atoms with Crippen LogP contribution in [0.15, 0.2) is 28.8 Å². The Hall–Kier alpha value is -2.91. The molecule has 1 aromatic carbocycles. The topological polar surface area (TPSA) is 83.7 Å². The maximum atomic E-state index is 12.5. The standard InChI is InChI=1S/C14H13F3N6O/c1-23(2)13-18-10(20-21-13)7-8-3-5-9(6-4-8)11-19-12(24-22-11)14(15,16)17/h3-6H,7H2,1-2H3,(H,18,20,21). The molecule has 0 spiro atoms. The van der Waals surface area contributed by atoms with Crippen molar-refractivity contribution >= 4 is 5.95 Å². The molecule has 0 aliphatic rings. The Kier molecular flexibility index (Phi) is 3.96. The zero-order valence-corrected chi connectivity index (χ0v) is 12.8. The van der Waals surface area contributed by atoms with Gasteiger partial charge in [0, 0.05) is 26.1 Å². The first kappa shape index (κ1) is 16.0. The van der Waals surface area contributed by atoms with Gasteiger partial charge in [0.15, 0.2) is 0 Å². The average molecular weight is 338 g/mol. The van der Waals surface area contributed by atoms with Crippen molar-refractivity contribution in [3.8, 4) is 11.4 Å². The zero-order chi connectivity index (χ0) is 17.3. The molecular formula is C14H13F3N6O. The SMILES string of the molecule is CN(C)c1n[nH]c(Cc2ccc(-c3noc(C(F)(F)F)n3)cc2)n1. The van der Waals surface area contributed by atoms with Gasteiger partial charge in [-0.25, -0.2) is 0 Å². The minimum Gasteiger partial charge on any atom is -0.346 e. The molecule has 3 aromatic rings. The third kappa shape index (κ3) is 3.36. The van der Waals surface area contributed by atoms with Gasteiger partial charge < -0.3 is 9.42 Å². The molecule has 2 heterocycles. The van der Waals surface area contributed by atoms with Crippen molar-refractivity contribution in [2.45, 2.75) is 12.6 Å². The molecule has 0 saturated heterocycles. The minimum absolute atomic E-state index is 0.108. The lowest BCUT2D eigenvalue weighted by Gasteiger charge is -2.03. The van der Waals surface area contributed by atoms with Gasteiger partial charge in [-0.2, -0.15) is 23.1 Å². The highest BCUT2D eigenvalue weighted by Gasteiger charge is 2.38. The first-order valence-corrected chi connectivity index (χ1v) is 6.92. The third-order valence-corrected chi connectivity index (χ3v) is 3.17. The smallest absolute Gasteiger partial charge is 0.346 e. The van der Waals surface area contributed by atoms with Crippen molar-refractivity contribution in [1.82, 2.24) is 25.3 Å². The lowest BCUT2D eigenvalue weighted by Crippen LogP contribution is -2.10. The Balaban J connectivity index is 1.74. The summed E-state index contributed by atoms with van der Waals surface area (Å²) < 4.78 is 41.6. The van der Waals surface area contributed by atoms with Gasteiger partial charge >= 0.3 is 12.1 Å². The molecule has 0 aliphatic heterocycles. The van der Waals surface area contributed by atoms with Gasteiger partial charge in [-0.15, -0.1) is 5.10 Å². The molecule has 0 saturated carbocycles. The van der Waals surface area contributed by atoms with Crippen molar-refractivity contribution in [3.05, 3.63) is 41.5 Å². The van der Waals surface area contributed by atoms with Crippen molar-refractivity contribution in [1.29, 1.82) is 0 Å². The van der Waals surface area contributed by atoms with Crippen molar-refractivity contribution in [3.63, 3.8) is 0 Å². The number of alkyl halides is 3. The maximum absolute atomic E-state index is 12.5. The van der Waals surface area contributed by atoms with Gasteiger partial charge in [0.05, 0.1) is 0 Å². The Bertz CT molecular complexity index is 822. The Labute approximate surface area is 134 Å². The fourth-order valence-corrected chi connectivity index (χ4v) is 1.99. The van der Waals surface area contributed by atoms with Gasteiger partial charge in [0.1, 0.15) is 5.82 Å². The third-order valence-electron chi connectivity index (χ3n) is 3.17. The number of benzene rings is 1. The summed E-state index contributed by atoms with van der Waals surface area (Å²) in [7, 11) is 3.67. The second kappa shape index (κ2) is 5.95. The van der Waals surface area contributed by atoms with E-state index >= 15 is 0 Å². The quantitative estimate of drug-likeness (QED) is 0.787. The highest BCUT2D eigenvalue weighted by Crippen LogP contribution is 2.29. The molecule has 0 aliphatic carbocycles. The molecule has 3 rings (SSSR count). The molecule has 10 heteroatoms. The first-order valence-electron chi connectivity index (χ1n) is 6.92. The molecule has 0 bridgehead atoms. The number of H-pyrrole nitrogens is 1. The number of hydrogen-bond donors (Lipinski definition) is 1. The van der Waals surface area contributed by atoms with E-state index in [1.165, 1.54) is 0 Å². The zero-order valence-electron chi connectivity index (χ0n) is 12.8. The van der Waals surface area contributed by atoms with E-state index in [0.717, 1.165) is 5.56 Å². The van der Waals surface area contributed by atoms with Crippen molar-refractivity contribution < 1.29 is 17.7 Å². The lowest BCUT2D eigenvalue weighted by atomic mass is 10.1. The van der Waals surface area contributed by atoms with Crippen LogP contribution in [0.5, 0.6) is 0 Å². The molecule has 2 aromatic heterocycles. The van der Waals surface area contributed by atoms with Crippen LogP contribution in [0.25, 0.3) is 11.4 Å². The summed E-state index contributed by atoms with van der Waals surface area (Å²) in [4.78, 5) is 9.44. The maximum Gasteiger partial charge on any atom is 0.471 e. The van der Waals surface area contributed by atoms with E-state index in [-0.39, 0.29) is 5.82 Å². The summed E-state index contributed by atoms with van der Waals surface area (Å²) in [6.45, 7) is 0. The molecule has 0 amide bonds. The Morgan fingerprint density at radius 3 is 2.38 bits per heavy atom. The van der Waals surface area contributed by atoms with Gasteiger partial charge in [0.25, 0.3) is 0 Å². The van der Waals surface area contributed by atoms with E-state index < -0.39 is 12.1 Å². The molecule has 126 valence electrons. The van der Waals surface area contributed by atoms with Crippen LogP contribution in [0.1, 0.15) is 17.3 Å². The number of hydrogen-bond acceptors (Lipinski definition) is 6. The summed E-state index contributed by atoms with van der Waals surface area (Å²) in [6, 6.07) is 6.78. The number of aromatic amines is 1. The summed E-state index contributed by atoms with van der Waals surface area (Å²) in [5.41, 5.74) is 1.35. The molecule has 0 radical (unpaired) electrons. The summed E-state index contributed by atoms with van der Waals surface area (Å²) in [5, 5.41) is 10.2. The van der Waals surface area contributed by atoms with Crippen molar-refractivity contribution in [2.75, 3.05) is 19.0 Å². The van der Waals surface area contributed by atoms with E-state index in [0.29, 0.717) is 23.8 Å². The number of rotatable bonds is 4. The molecule has 1 N–H and O–H groups in total. The van der Waals surface area contributed by atoms with Crippen LogP contribution in [0.2, 0.25) is 0 Å². The fraction of sp³-hybridized carbons (Fsp3) is 0.286. The summed E-state index contributed by atoms with van der Waals surface area (Å²) in [5.74, 6) is -0.207. The molecule has 0 unspecified atom stereocenters. The predicted octanol–water partition coefficient (Wildman–Crippen LogP) is 2.53. The van der Waals surface area contributed by atoms with Crippen LogP contribution < -0.4 is 4.90 Å². The molecule has 0 fully saturated rings. The lowest BCUT2D eigenvalue weighted by molar-refractivity contribution is -0.159. The number of nitrogens with zero attached hydrogens (tertiary/aromatic N) is 5. The highest BCUT2D eigenvalue weighted by atomic mass is 19.4. The monoisotopic (exact) mass is 338 g/mol. The first-order chi connectivity index (χ1) is 11.3. The second-order valence-corrected chi connectivity index (χ2v) is 5.27. The van der Waals surface area contributed by atoms with Gasteiger partial charge in [-0.3, -0.25) is 5.10 Å². The normalized spacial score (nSPS) is 11.7. The molecule has 0 atom stereocenters. The summed E-state index contributed by atoms with van der Waals surface area (Å²) >= 11 is 0. The van der Waals surface area contributed by atoms with Crippen LogP contribution in [0.3, 0.4) is 0 Å². The van der Waals surface area contributed by atoms with Gasteiger partial charge in [-0.1, -0.05) is 29.4 Å². The van der Waals surface area contributed by atoms with Crippen LogP contribution >= 0.6 is 0 Å². The molecule has 7 nitrogen and oxygen atoms in total. The predicted molar refractivity (Wildman–Crippen MR) is 78.3 cm³/mol. The number of halogens is 3. The van der Waals surface area contributed by atoms with Gasteiger partial charge in [-0.05, 0) is 5.56 Å². The van der Waals surface area contributed by atoms with E-state index in [1.54, 1.807) is 29.2 Å². The van der Waals surface area contributed by atoms with Crippen molar-refractivity contribution in [2.24, 2.45) is 0 Å². The highest BCUT2D eigenvalue weighted by molar-refractivity contribution is 5.54. The Morgan fingerprint density at radius 2 is 1.83 bits per heavy atom. The fourth-order valence-electron chi connectivity index (χ4n) is 1.99. The van der Waals surface area contributed by atoms with Crippen LogP contribution in [-0.2, 0) is 12.6 Å². The largest absolute Gasteiger partial charge is 0.471 e. The molecule has 24 heavy (non-hydrogen) atoms. The number of anilines is 1. The number of aromatic nitrogens is 5. The van der Waals surface area contributed by atoms with Crippen LogP contribution in [0, 0.1) is 0 Å². The number of nitrogens with one attached hydrogen (secondary N) is 1. The van der Waals surface area contributed by atoms with Crippen LogP contribution in [-0.4, -0.2) is 39.4 Å². The van der Waals surface area contributed by atoms with E-state index in [2.05, 4.69) is 29.8 Å². The Morgan fingerprint density at radius 1 is 1.12 bits per heavy atom. The van der Waals surface area contributed by atoms with E-state index in [9.17, 15) is 13.2 Å². The average Bonchev–Trinajstić information content (AvgIpc) is 3.16. The van der Waals surface area contributed by atoms with Crippen LogP contribution in [0.4, 0.5) is 19.1 Å². The second-order valence-electron chi connectivity index (χ2n) is 5.27. The minimum atomic E-state index is -4.65. The van der Waals surface area contributed by atoms with E-state index in [4.69, 9.17) is 0 Å². The van der Waals surface area contributed by atoms with Gasteiger partial charge in [0.2, 0.25) is 11.8 Å².